The number of para-hydroxylation sites is 1. The van der Waals surface area contributed by atoms with E-state index in [0.717, 1.165) is 10.9 Å². The fraction of sp³-hybridized carbons (Fsp3) is 0. The molecule has 130 valence electrons. The van der Waals surface area contributed by atoms with Gasteiger partial charge in [0.25, 0.3) is 0 Å². The maximum absolute atomic E-state index is 12.7. The van der Waals surface area contributed by atoms with Crippen LogP contribution in [-0.2, 0) is 0 Å². The Morgan fingerprint density at radius 3 is 2.37 bits per heavy atom. The van der Waals surface area contributed by atoms with Crippen molar-refractivity contribution in [2.75, 3.05) is 5.32 Å². The van der Waals surface area contributed by atoms with Crippen LogP contribution in [0.5, 0.6) is 0 Å². The van der Waals surface area contributed by atoms with Gasteiger partial charge in [-0.25, -0.2) is 14.8 Å². The Hall–Kier alpha value is -3.93. The van der Waals surface area contributed by atoms with E-state index in [2.05, 4.69) is 15.3 Å². The fourth-order valence-electron chi connectivity index (χ4n) is 3.10. The Morgan fingerprint density at radius 1 is 0.815 bits per heavy atom. The normalized spacial score (nSPS) is 11.1. The molecule has 3 aromatic heterocycles. The monoisotopic (exact) mass is 355 g/mol. The van der Waals surface area contributed by atoms with Gasteiger partial charge in [-0.3, -0.25) is 0 Å². The molecule has 3 heterocycles. The molecule has 2 aromatic carbocycles. The van der Waals surface area contributed by atoms with Gasteiger partial charge in [0.15, 0.2) is 11.3 Å². The van der Waals surface area contributed by atoms with Crippen molar-refractivity contribution in [3.8, 4) is 11.3 Å². The first-order valence-electron chi connectivity index (χ1n) is 8.39. The minimum absolute atomic E-state index is 0.333. The molecule has 0 aliphatic rings. The lowest BCUT2D eigenvalue weighted by Crippen LogP contribution is -2.03. The molecular weight excluding hydrogens is 342 g/mol. The van der Waals surface area contributed by atoms with Crippen molar-refractivity contribution < 1.29 is 8.83 Å². The topological polar surface area (TPSA) is 81.2 Å². The van der Waals surface area contributed by atoms with E-state index in [1.54, 1.807) is 24.5 Å². The summed E-state index contributed by atoms with van der Waals surface area (Å²) >= 11 is 0. The van der Waals surface area contributed by atoms with Gasteiger partial charge in [0, 0.05) is 18.0 Å². The van der Waals surface area contributed by atoms with E-state index in [-0.39, 0.29) is 0 Å². The highest BCUT2D eigenvalue weighted by Gasteiger charge is 2.22. The van der Waals surface area contributed by atoms with Crippen LogP contribution in [0.3, 0.4) is 0 Å². The van der Waals surface area contributed by atoms with Crippen LogP contribution in [0.1, 0.15) is 0 Å². The number of furan rings is 1. The summed E-state index contributed by atoms with van der Waals surface area (Å²) in [4.78, 5) is 21.1. The average molecular weight is 355 g/mol. The van der Waals surface area contributed by atoms with Crippen LogP contribution >= 0.6 is 0 Å². The number of aromatic nitrogens is 2. The van der Waals surface area contributed by atoms with Crippen LogP contribution < -0.4 is 10.9 Å². The van der Waals surface area contributed by atoms with Gasteiger partial charge in [0.05, 0.1) is 5.39 Å². The van der Waals surface area contributed by atoms with Crippen molar-refractivity contribution >= 4 is 33.6 Å². The summed E-state index contributed by atoms with van der Waals surface area (Å²) in [5.41, 5.74) is 1.79. The second-order valence-electron chi connectivity index (χ2n) is 5.96. The zero-order valence-electron chi connectivity index (χ0n) is 14.0. The SMILES string of the molecule is O=c1oc2ccccc2c2oc(-c3ccccc3)c(Nc3ncccn3)c12. The van der Waals surface area contributed by atoms with Gasteiger partial charge in [-0.2, -0.15) is 0 Å². The molecule has 0 atom stereocenters. The Bertz CT molecular complexity index is 1310. The van der Waals surface area contributed by atoms with E-state index in [4.69, 9.17) is 8.83 Å². The second kappa shape index (κ2) is 6.10. The molecule has 0 radical (unpaired) electrons. The van der Waals surface area contributed by atoms with Gasteiger partial charge < -0.3 is 14.2 Å². The quantitative estimate of drug-likeness (QED) is 0.471. The smallest absolute Gasteiger partial charge is 0.349 e. The number of nitrogens with one attached hydrogen (secondary N) is 1. The van der Waals surface area contributed by atoms with E-state index in [1.807, 2.05) is 48.5 Å². The van der Waals surface area contributed by atoms with E-state index in [1.165, 1.54) is 0 Å². The highest BCUT2D eigenvalue weighted by atomic mass is 16.4. The molecule has 6 heteroatoms. The molecule has 1 N–H and O–H groups in total. The molecule has 0 bridgehead atoms. The molecule has 6 nitrogen and oxygen atoms in total. The van der Waals surface area contributed by atoms with E-state index in [9.17, 15) is 4.79 Å². The zero-order chi connectivity index (χ0) is 18.2. The van der Waals surface area contributed by atoms with E-state index < -0.39 is 5.63 Å². The number of nitrogens with zero attached hydrogens (tertiary/aromatic N) is 2. The molecule has 5 aromatic rings. The van der Waals surface area contributed by atoms with Gasteiger partial charge in [0.2, 0.25) is 5.95 Å². The molecule has 0 aliphatic heterocycles. The zero-order valence-corrected chi connectivity index (χ0v) is 14.0. The molecule has 0 saturated heterocycles. The van der Waals surface area contributed by atoms with Gasteiger partial charge in [-0.15, -0.1) is 0 Å². The molecule has 0 saturated carbocycles. The standard InChI is InChI=1S/C21H13N3O3/c25-20-16-17(24-21-22-11-6-12-23-21)18(13-7-2-1-3-8-13)27-19(16)14-9-4-5-10-15(14)26-20/h1-12H,(H,22,23,24). The third-order valence-corrected chi connectivity index (χ3v) is 4.29. The van der Waals surface area contributed by atoms with Gasteiger partial charge in [-0.05, 0) is 18.2 Å². The van der Waals surface area contributed by atoms with Crippen molar-refractivity contribution in [3.05, 3.63) is 83.5 Å². The minimum atomic E-state index is -0.479. The third kappa shape index (κ3) is 2.55. The van der Waals surface area contributed by atoms with Crippen molar-refractivity contribution in [2.45, 2.75) is 0 Å². The lowest BCUT2D eigenvalue weighted by atomic mass is 10.1. The van der Waals surface area contributed by atoms with Crippen molar-refractivity contribution in [2.24, 2.45) is 0 Å². The third-order valence-electron chi connectivity index (χ3n) is 4.29. The summed E-state index contributed by atoms with van der Waals surface area (Å²) in [7, 11) is 0. The predicted molar refractivity (Wildman–Crippen MR) is 103 cm³/mol. The summed E-state index contributed by atoms with van der Waals surface area (Å²) in [5, 5.41) is 4.18. The van der Waals surface area contributed by atoms with Crippen molar-refractivity contribution in [1.82, 2.24) is 9.97 Å². The first-order chi connectivity index (χ1) is 13.3. The Labute approximate surface area is 153 Å². The van der Waals surface area contributed by atoms with Gasteiger partial charge in [0.1, 0.15) is 16.7 Å². The summed E-state index contributed by atoms with van der Waals surface area (Å²) in [5.74, 6) is 0.895. The lowest BCUT2D eigenvalue weighted by Gasteiger charge is -2.05. The largest absolute Gasteiger partial charge is 0.453 e. The molecule has 0 unspecified atom stereocenters. The summed E-state index contributed by atoms with van der Waals surface area (Å²) < 4.78 is 11.7. The molecule has 0 fully saturated rings. The highest BCUT2D eigenvalue weighted by molar-refractivity contribution is 6.09. The van der Waals surface area contributed by atoms with Gasteiger partial charge in [-0.1, -0.05) is 42.5 Å². The maximum atomic E-state index is 12.7. The Morgan fingerprint density at radius 2 is 1.56 bits per heavy atom. The minimum Gasteiger partial charge on any atom is -0.453 e. The number of benzene rings is 2. The van der Waals surface area contributed by atoms with Crippen molar-refractivity contribution in [3.63, 3.8) is 0 Å². The van der Waals surface area contributed by atoms with E-state index in [0.29, 0.717) is 33.9 Å². The maximum Gasteiger partial charge on any atom is 0.349 e. The summed E-state index contributed by atoms with van der Waals surface area (Å²) in [6.07, 6.45) is 3.25. The first kappa shape index (κ1) is 15.3. The lowest BCUT2D eigenvalue weighted by molar-refractivity contribution is 0.565. The van der Waals surface area contributed by atoms with Crippen LogP contribution in [0.15, 0.2) is 86.7 Å². The molecule has 0 aliphatic carbocycles. The van der Waals surface area contributed by atoms with E-state index >= 15 is 0 Å². The molecular formula is C21H13N3O3. The second-order valence-corrected chi connectivity index (χ2v) is 5.96. The van der Waals surface area contributed by atoms with Crippen LogP contribution in [0.25, 0.3) is 33.3 Å². The molecule has 0 amide bonds. The molecule has 5 rings (SSSR count). The summed E-state index contributed by atoms with van der Waals surface area (Å²) in [6.45, 7) is 0. The van der Waals surface area contributed by atoms with Crippen LogP contribution in [0, 0.1) is 0 Å². The van der Waals surface area contributed by atoms with Crippen LogP contribution in [-0.4, -0.2) is 9.97 Å². The number of hydrogen-bond donors (Lipinski definition) is 1. The number of anilines is 2. The Kier molecular flexibility index (Phi) is 3.47. The predicted octanol–water partition coefficient (Wildman–Crippen LogP) is 4.74. The number of fused-ring (bicyclic) bond motifs is 3. The number of hydrogen-bond acceptors (Lipinski definition) is 6. The first-order valence-corrected chi connectivity index (χ1v) is 8.39. The average Bonchev–Trinajstić information content (AvgIpc) is 3.10. The summed E-state index contributed by atoms with van der Waals surface area (Å²) in [6, 6.07) is 18.6. The fourth-order valence-corrected chi connectivity index (χ4v) is 3.10. The van der Waals surface area contributed by atoms with Crippen LogP contribution in [0.2, 0.25) is 0 Å². The molecule has 0 spiro atoms. The molecule has 27 heavy (non-hydrogen) atoms. The van der Waals surface area contributed by atoms with Crippen molar-refractivity contribution in [1.29, 1.82) is 0 Å². The highest BCUT2D eigenvalue weighted by Crippen LogP contribution is 2.40. The Balaban J connectivity index is 1.87. The van der Waals surface area contributed by atoms with Gasteiger partial charge >= 0.3 is 5.63 Å². The number of rotatable bonds is 3. The van der Waals surface area contributed by atoms with Crippen LogP contribution in [0.4, 0.5) is 11.6 Å².